The van der Waals surface area contributed by atoms with E-state index in [0.29, 0.717) is 6.54 Å². The van der Waals surface area contributed by atoms with E-state index in [2.05, 4.69) is 59.1 Å². The number of aryl methyl sites for hydroxylation is 1. The molecule has 112 valence electrons. The van der Waals surface area contributed by atoms with E-state index in [9.17, 15) is 0 Å². The average Bonchev–Trinajstić information content (AvgIpc) is 2.51. The number of hydrogen-bond acceptors (Lipinski definition) is 2. The van der Waals surface area contributed by atoms with Crippen molar-refractivity contribution in [2.24, 2.45) is 5.73 Å². The van der Waals surface area contributed by atoms with Gasteiger partial charge in [-0.05, 0) is 47.9 Å². The highest BCUT2D eigenvalue weighted by atomic mass is 79.9. The van der Waals surface area contributed by atoms with Crippen molar-refractivity contribution in [1.29, 1.82) is 0 Å². The number of halogens is 2. The number of likely N-dealkylation sites (N-methyl/N-ethyl adjacent to an activating group) is 1. The highest BCUT2D eigenvalue weighted by Gasteiger charge is 2.19. The lowest BCUT2D eigenvalue weighted by Crippen LogP contribution is -2.30. The minimum Gasteiger partial charge on any atom is -0.366 e. The van der Waals surface area contributed by atoms with Gasteiger partial charge < -0.3 is 10.6 Å². The first-order valence-electron chi connectivity index (χ1n) is 7.03. The fourth-order valence-corrected chi connectivity index (χ4v) is 3.10. The van der Waals surface area contributed by atoms with E-state index in [1.807, 2.05) is 18.2 Å². The lowest BCUT2D eigenvalue weighted by atomic mass is 10.0. The van der Waals surface area contributed by atoms with E-state index >= 15 is 0 Å². The van der Waals surface area contributed by atoms with E-state index in [1.165, 1.54) is 5.56 Å². The van der Waals surface area contributed by atoms with Gasteiger partial charge in [0, 0.05) is 28.8 Å². The summed E-state index contributed by atoms with van der Waals surface area (Å²) in [5, 5.41) is 0.724. The van der Waals surface area contributed by atoms with E-state index in [0.717, 1.165) is 27.2 Å². The van der Waals surface area contributed by atoms with Crippen molar-refractivity contribution in [3.05, 3.63) is 63.1 Å². The highest BCUT2D eigenvalue weighted by molar-refractivity contribution is 9.10. The van der Waals surface area contributed by atoms with Crippen LogP contribution in [0.2, 0.25) is 5.02 Å². The molecule has 21 heavy (non-hydrogen) atoms. The van der Waals surface area contributed by atoms with Crippen LogP contribution in [0.4, 0.5) is 5.69 Å². The zero-order valence-electron chi connectivity index (χ0n) is 12.3. The van der Waals surface area contributed by atoms with Gasteiger partial charge in [-0.3, -0.25) is 0 Å². The van der Waals surface area contributed by atoms with Gasteiger partial charge in [0.2, 0.25) is 0 Å². The second kappa shape index (κ2) is 7.30. The second-order valence-corrected chi connectivity index (χ2v) is 6.34. The summed E-state index contributed by atoms with van der Waals surface area (Å²) in [7, 11) is 2.06. The zero-order valence-corrected chi connectivity index (χ0v) is 14.7. The quantitative estimate of drug-likeness (QED) is 0.822. The molecular weight excluding hydrogens is 348 g/mol. The van der Waals surface area contributed by atoms with Crippen LogP contribution < -0.4 is 10.6 Å². The summed E-state index contributed by atoms with van der Waals surface area (Å²) in [6, 6.07) is 14.5. The van der Waals surface area contributed by atoms with Crippen molar-refractivity contribution in [3.63, 3.8) is 0 Å². The maximum absolute atomic E-state index is 6.13. The van der Waals surface area contributed by atoms with Gasteiger partial charge >= 0.3 is 0 Å². The molecule has 1 unspecified atom stereocenters. The maximum atomic E-state index is 6.13. The predicted molar refractivity (Wildman–Crippen MR) is 95.2 cm³/mol. The molecule has 2 rings (SSSR count). The van der Waals surface area contributed by atoms with Gasteiger partial charge in [-0.15, -0.1) is 0 Å². The normalized spacial score (nSPS) is 12.2. The highest BCUT2D eigenvalue weighted by Crippen LogP contribution is 2.32. The second-order valence-electron chi connectivity index (χ2n) is 5.05. The van der Waals surface area contributed by atoms with Crippen LogP contribution in [0.3, 0.4) is 0 Å². The van der Waals surface area contributed by atoms with Gasteiger partial charge in [0.15, 0.2) is 0 Å². The summed E-state index contributed by atoms with van der Waals surface area (Å²) in [6.45, 7) is 2.68. The first-order chi connectivity index (χ1) is 10.1. The molecule has 0 fully saturated rings. The van der Waals surface area contributed by atoms with Crippen LogP contribution in [-0.2, 0) is 6.42 Å². The number of anilines is 1. The van der Waals surface area contributed by atoms with Crippen LogP contribution in [0.5, 0.6) is 0 Å². The zero-order chi connectivity index (χ0) is 15.4. The molecule has 1 atom stereocenters. The van der Waals surface area contributed by atoms with Crippen molar-refractivity contribution in [2.45, 2.75) is 19.4 Å². The molecule has 0 aliphatic carbocycles. The lowest BCUT2D eigenvalue weighted by molar-refractivity contribution is 0.678. The Morgan fingerprint density at radius 3 is 2.43 bits per heavy atom. The number of benzene rings is 2. The first kappa shape index (κ1) is 16.3. The largest absolute Gasteiger partial charge is 0.366 e. The SMILES string of the molecule is CCc1ccc(N(C)C(CN)c2cc(Cl)ccc2Br)cc1. The predicted octanol–water partition coefficient (Wildman–Crippen LogP) is 4.80. The molecule has 2 aromatic rings. The third-order valence-electron chi connectivity index (χ3n) is 3.76. The molecule has 4 heteroatoms. The Hall–Kier alpha value is -1.03. The Morgan fingerprint density at radius 2 is 1.86 bits per heavy atom. The number of hydrogen-bond donors (Lipinski definition) is 1. The Balaban J connectivity index is 2.33. The number of nitrogens with zero attached hydrogens (tertiary/aromatic N) is 1. The van der Waals surface area contributed by atoms with Crippen molar-refractivity contribution < 1.29 is 0 Å². The summed E-state index contributed by atoms with van der Waals surface area (Å²) in [6.07, 6.45) is 1.05. The van der Waals surface area contributed by atoms with Gasteiger partial charge in [-0.25, -0.2) is 0 Å². The smallest absolute Gasteiger partial charge is 0.0673 e. The molecule has 2 aromatic carbocycles. The molecule has 0 aromatic heterocycles. The van der Waals surface area contributed by atoms with Crippen LogP contribution >= 0.6 is 27.5 Å². The van der Waals surface area contributed by atoms with Crippen molar-refractivity contribution in [2.75, 3.05) is 18.5 Å². The minimum atomic E-state index is 0.0746. The van der Waals surface area contributed by atoms with Crippen LogP contribution in [-0.4, -0.2) is 13.6 Å². The van der Waals surface area contributed by atoms with E-state index in [1.54, 1.807) is 0 Å². The average molecular weight is 368 g/mol. The summed E-state index contributed by atoms with van der Waals surface area (Å²) in [4.78, 5) is 2.19. The van der Waals surface area contributed by atoms with Crippen molar-refractivity contribution in [3.8, 4) is 0 Å². The Morgan fingerprint density at radius 1 is 1.19 bits per heavy atom. The molecule has 2 nitrogen and oxygen atoms in total. The molecular formula is C17H20BrClN2. The summed E-state index contributed by atoms with van der Waals surface area (Å²) in [5.41, 5.74) is 9.60. The molecule has 0 radical (unpaired) electrons. The summed E-state index contributed by atoms with van der Waals surface area (Å²) >= 11 is 9.72. The molecule has 0 aliphatic heterocycles. The molecule has 0 saturated carbocycles. The minimum absolute atomic E-state index is 0.0746. The monoisotopic (exact) mass is 366 g/mol. The molecule has 0 spiro atoms. The van der Waals surface area contributed by atoms with Gasteiger partial charge in [0.05, 0.1) is 6.04 Å². The number of nitrogens with two attached hydrogens (primary N) is 1. The van der Waals surface area contributed by atoms with Crippen LogP contribution in [0.1, 0.15) is 24.1 Å². The number of rotatable bonds is 5. The van der Waals surface area contributed by atoms with E-state index < -0.39 is 0 Å². The Bertz CT molecular complexity index is 598. The molecule has 0 bridgehead atoms. The van der Waals surface area contributed by atoms with Gasteiger partial charge in [0.1, 0.15) is 0 Å². The molecule has 0 saturated heterocycles. The maximum Gasteiger partial charge on any atom is 0.0673 e. The fourth-order valence-electron chi connectivity index (χ4n) is 2.41. The molecule has 0 amide bonds. The van der Waals surface area contributed by atoms with Crippen LogP contribution in [0.15, 0.2) is 46.9 Å². The molecule has 0 aliphatic rings. The van der Waals surface area contributed by atoms with Gasteiger partial charge in [-0.2, -0.15) is 0 Å². The third kappa shape index (κ3) is 3.79. The first-order valence-corrected chi connectivity index (χ1v) is 8.20. The summed E-state index contributed by atoms with van der Waals surface area (Å²) < 4.78 is 1.03. The Kier molecular flexibility index (Phi) is 5.68. The van der Waals surface area contributed by atoms with Crippen LogP contribution in [0, 0.1) is 0 Å². The topological polar surface area (TPSA) is 29.3 Å². The third-order valence-corrected chi connectivity index (χ3v) is 4.72. The standard InChI is InChI=1S/C17H20BrClN2/c1-3-12-4-7-14(8-5-12)21(2)17(11-20)15-10-13(19)6-9-16(15)18/h4-10,17H,3,11,20H2,1-2H3. The van der Waals surface area contributed by atoms with E-state index in [4.69, 9.17) is 17.3 Å². The van der Waals surface area contributed by atoms with Crippen LogP contribution in [0.25, 0.3) is 0 Å². The van der Waals surface area contributed by atoms with Crippen molar-refractivity contribution >= 4 is 33.2 Å². The lowest BCUT2D eigenvalue weighted by Gasteiger charge is -2.30. The molecule has 2 N–H and O–H groups in total. The summed E-state index contributed by atoms with van der Waals surface area (Å²) in [5.74, 6) is 0. The van der Waals surface area contributed by atoms with Crippen molar-refractivity contribution in [1.82, 2.24) is 0 Å². The van der Waals surface area contributed by atoms with Gasteiger partial charge in [-0.1, -0.05) is 46.6 Å². The Labute approximate surface area is 140 Å². The fraction of sp³-hybridized carbons (Fsp3) is 0.294. The molecule has 0 heterocycles. The van der Waals surface area contributed by atoms with E-state index in [-0.39, 0.29) is 6.04 Å². The van der Waals surface area contributed by atoms with Gasteiger partial charge in [0.25, 0.3) is 0 Å².